The number of aromatic nitrogens is 1. The van der Waals surface area contributed by atoms with Gasteiger partial charge in [0.25, 0.3) is 5.91 Å². The minimum atomic E-state index is 0.0411. The molecule has 104 valence electrons. The van der Waals surface area contributed by atoms with Crippen molar-refractivity contribution >= 4 is 23.5 Å². The summed E-state index contributed by atoms with van der Waals surface area (Å²) in [7, 11) is 0. The number of anilines is 1. The minimum absolute atomic E-state index is 0.0411. The van der Waals surface area contributed by atoms with Crippen molar-refractivity contribution in [3.05, 3.63) is 23.9 Å². The summed E-state index contributed by atoms with van der Waals surface area (Å²) in [6.45, 7) is 7.92. The molecular formula is C14H21N3OS. The van der Waals surface area contributed by atoms with E-state index in [9.17, 15) is 4.79 Å². The van der Waals surface area contributed by atoms with Crippen LogP contribution in [0.25, 0.3) is 0 Å². The topological polar surface area (TPSA) is 45.2 Å². The second-order valence-corrected chi connectivity index (χ2v) is 6.24. The molecule has 1 aliphatic heterocycles. The smallest absolute Gasteiger partial charge is 0.272 e. The molecule has 0 aromatic carbocycles. The van der Waals surface area contributed by atoms with Crippen LogP contribution in [-0.2, 0) is 0 Å². The fourth-order valence-electron chi connectivity index (χ4n) is 2.20. The third kappa shape index (κ3) is 3.21. The minimum Gasteiger partial charge on any atom is -0.370 e. The van der Waals surface area contributed by atoms with Crippen LogP contribution >= 0.6 is 11.8 Å². The number of hydrogen-bond acceptors (Lipinski definition) is 4. The normalized spacial score (nSPS) is 23.2. The Hall–Kier alpha value is -1.23. The van der Waals surface area contributed by atoms with E-state index in [1.54, 1.807) is 6.07 Å². The van der Waals surface area contributed by atoms with Gasteiger partial charge in [-0.3, -0.25) is 4.79 Å². The van der Waals surface area contributed by atoms with Crippen molar-refractivity contribution in [1.82, 2.24) is 9.88 Å². The average molecular weight is 279 g/mol. The predicted molar refractivity (Wildman–Crippen MR) is 80.8 cm³/mol. The van der Waals surface area contributed by atoms with Gasteiger partial charge in [-0.05, 0) is 26.0 Å². The molecular weight excluding hydrogens is 258 g/mol. The molecule has 1 aromatic heterocycles. The molecule has 0 saturated carbocycles. The molecule has 1 fully saturated rings. The van der Waals surface area contributed by atoms with Crippen molar-refractivity contribution in [2.75, 3.05) is 24.2 Å². The lowest BCUT2D eigenvalue weighted by atomic mass is 10.2. The molecule has 1 aliphatic rings. The van der Waals surface area contributed by atoms with E-state index in [-0.39, 0.29) is 11.9 Å². The summed E-state index contributed by atoms with van der Waals surface area (Å²) in [6.07, 6.45) is 0. The molecule has 4 nitrogen and oxygen atoms in total. The monoisotopic (exact) mass is 279 g/mol. The van der Waals surface area contributed by atoms with Gasteiger partial charge in [-0.25, -0.2) is 4.98 Å². The largest absolute Gasteiger partial charge is 0.370 e. The molecule has 2 heterocycles. The maximum absolute atomic E-state index is 12.5. The molecule has 19 heavy (non-hydrogen) atoms. The van der Waals surface area contributed by atoms with E-state index in [4.69, 9.17) is 0 Å². The molecule has 2 unspecified atom stereocenters. The predicted octanol–water partition coefficient (Wildman–Crippen LogP) is 2.48. The third-order valence-corrected chi connectivity index (χ3v) is 4.81. The van der Waals surface area contributed by atoms with Gasteiger partial charge in [-0.1, -0.05) is 13.0 Å². The quantitative estimate of drug-likeness (QED) is 0.923. The summed E-state index contributed by atoms with van der Waals surface area (Å²) < 4.78 is 0. The first-order valence-corrected chi connectivity index (χ1v) is 7.82. The molecule has 2 atom stereocenters. The Morgan fingerprint density at radius 2 is 2.32 bits per heavy atom. The summed E-state index contributed by atoms with van der Waals surface area (Å²) >= 11 is 1.93. The average Bonchev–Trinajstić information content (AvgIpc) is 2.42. The van der Waals surface area contributed by atoms with Gasteiger partial charge in [0.1, 0.15) is 11.5 Å². The highest BCUT2D eigenvalue weighted by molar-refractivity contribution is 8.00. The molecule has 0 aliphatic carbocycles. The van der Waals surface area contributed by atoms with Crippen LogP contribution in [0.2, 0.25) is 0 Å². The lowest BCUT2D eigenvalue weighted by Crippen LogP contribution is -2.48. The van der Waals surface area contributed by atoms with Crippen LogP contribution in [0.3, 0.4) is 0 Å². The van der Waals surface area contributed by atoms with Crippen molar-refractivity contribution in [1.29, 1.82) is 0 Å². The van der Waals surface area contributed by atoms with Crippen LogP contribution < -0.4 is 5.32 Å². The molecule has 1 N–H and O–H groups in total. The van der Waals surface area contributed by atoms with Gasteiger partial charge in [-0.15, -0.1) is 0 Å². The van der Waals surface area contributed by atoms with Crippen LogP contribution in [0.1, 0.15) is 31.3 Å². The number of rotatable bonds is 3. The number of thioether (sulfide) groups is 1. The zero-order chi connectivity index (χ0) is 13.8. The molecule has 1 aromatic rings. The molecule has 0 bridgehead atoms. The Labute approximate surface area is 119 Å². The van der Waals surface area contributed by atoms with Crippen molar-refractivity contribution in [3.63, 3.8) is 0 Å². The maximum atomic E-state index is 12.5. The highest BCUT2D eigenvalue weighted by atomic mass is 32.2. The molecule has 0 spiro atoms. The lowest BCUT2D eigenvalue weighted by molar-refractivity contribution is 0.0692. The maximum Gasteiger partial charge on any atom is 0.272 e. The molecule has 2 rings (SSSR count). The van der Waals surface area contributed by atoms with E-state index in [1.807, 2.05) is 35.7 Å². The van der Waals surface area contributed by atoms with Crippen LogP contribution in [0.15, 0.2) is 18.2 Å². The number of carbonyl (C=O) groups is 1. The molecule has 1 saturated heterocycles. The summed E-state index contributed by atoms with van der Waals surface area (Å²) in [4.78, 5) is 18.9. The summed E-state index contributed by atoms with van der Waals surface area (Å²) in [5.74, 6) is 1.81. The van der Waals surface area contributed by atoms with Crippen molar-refractivity contribution in [2.45, 2.75) is 32.1 Å². The van der Waals surface area contributed by atoms with E-state index >= 15 is 0 Å². The zero-order valence-corrected chi connectivity index (χ0v) is 12.5. The van der Waals surface area contributed by atoms with Crippen molar-refractivity contribution < 1.29 is 4.79 Å². The Morgan fingerprint density at radius 1 is 1.53 bits per heavy atom. The molecule has 5 heteroatoms. The number of amides is 1. The van der Waals surface area contributed by atoms with Crippen LogP contribution in [0.4, 0.5) is 5.82 Å². The highest BCUT2D eigenvalue weighted by Gasteiger charge is 2.30. The highest BCUT2D eigenvalue weighted by Crippen LogP contribution is 2.25. The van der Waals surface area contributed by atoms with Crippen LogP contribution in [0.5, 0.6) is 0 Å². The SMILES string of the molecule is CCNc1cccc(C(=O)N2CCSC(C)C2C)n1. The third-order valence-electron chi connectivity index (χ3n) is 3.47. The van der Waals surface area contributed by atoms with Crippen LogP contribution in [-0.4, -0.2) is 45.9 Å². The Morgan fingerprint density at radius 3 is 3.05 bits per heavy atom. The zero-order valence-electron chi connectivity index (χ0n) is 11.7. The fourth-order valence-corrected chi connectivity index (χ4v) is 3.30. The lowest BCUT2D eigenvalue weighted by Gasteiger charge is -2.37. The number of nitrogens with one attached hydrogen (secondary N) is 1. The standard InChI is InChI=1S/C14H21N3OS/c1-4-15-13-7-5-6-12(16-13)14(18)17-8-9-19-11(3)10(17)2/h5-7,10-11H,4,8-9H2,1-3H3,(H,15,16). The Balaban J connectivity index is 2.16. The number of hydrogen-bond donors (Lipinski definition) is 1. The van der Waals surface area contributed by atoms with Gasteiger partial charge >= 0.3 is 0 Å². The van der Waals surface area contributed by atoms with Gasteiger partial charge in [0.15, 0.2) is 0 Å². The fraction of sp³-hybridized carbons (Fsp3) is 0.571. The van der Waals surface area contributed by atoms with Crippen molar-refractivity contribution in [3.8, 4) is 0 Å². The van der Waals surface area contributed by atoms with E-state index in [0.29, 0.717) is 10.9 Å². The van der Waals surface area contributed by atoms with Gasteiger partial charge in [0.2, 0.25) is 0 Å². The van der Waals surface area contributed by atoms with Crippen molar-refractivity contribution in [2.24, 2.45) is 0 Å². The van der Waals surface area contributed by atoms with Gasteiger partial charge in [0.05, 0.1) is 0 Å². The Bertz CT molecular complexity index is 452. The second-order valence-electron chi connectivity index (χ2n) is 4.75. The number of carbonyl (C=O) groups excluding carboxylic acids is 1. The van der Waals surface area contributed by atoms with E-state index in [2.05, 4.69) is 24.1 Å². The molecule has 0 radical (unpaired) electrons. The van der Waals surface area contributed by atoms with E-state index in [1.165, 1.54) is 0 Å². The first kappa shape index (κ1) is 14.2. The molecule has 1 amide bonds. The summed E-state index contributed by atoms with van der Waals surface area (Å²) in [6, 6.07) is 5.82. The van der Waals surface area contributed by atoms with Gasteiger partial charge < -0.3 is 10.2 Å². The Kier molecular flexibility index (Phi) is 4.69. The first-order valence-electron chi connectivity index (χ1n) is 6.77. The number of nitrogens with zero attached hydrogens (tertiary/aromatic N) is 2. The van der Waals surface area contributed by atoms with Gasteiger partial charge in [0, 0.05) is 30.1 Å². The number of pyridine rings is 1. The van der Waals surface area contributed by atoms with Crippen LogP contribution in [0, 0.1) is 0 Å². The first-order chi connectivity index (χ1) is 9.13. The van der Waals surface area contributed by atoms with E-state index in [0.717, 1.165) is 24.7 Å². The van der Waals surface area contributed by atoms with E-state index < -0.39 is 0 Å². The second kappa shape index (κ2) is 6.28. The summed E-state index contributed by atoms with van der Waals surface area (Å²) in [5.41, 5.74) is 0.532. The summed E-state index contributed by atoms with van der Waals surface area (Å²) in [5, 5.41) is 3.62. The van der Waals surface area contributed by atoms with Gasteiger partial charge in [-0.2, -0.15) is 11.8 Å².